The van der Waals surface area contributed by atoms with Gasteiger partial charge < -0.3 is 19.3 Å². The molecule has 0 saturated carbocycles. The van der Waals surface area contributed by atoms with E-state index in [1.165, 1.54) is 11.3 Å². The van der Waals surface area contributed by atoms with Crippen molar-refractivity contribution in [2.45, 2.75) is 6.42 Å². The number of halogens is 1. The normalized spacial score (nSPS) is 12.6. The Morgan fingerprint density at radius 2 is 2.04 bits per heavy atom. The second-order valence-electron chi connectivity index (χ2n) is 5.91. The minimum absolute atomic E-state index is 0.277. The maximum absolute atomic E-state index is 6.18. The van der Waals surface area contributed by atoms with Crippen LogP contribution in [0.4, 0.5) is 5.82 Å². The molecule has 4 aromatic rings. The SMILES string of the molecule is Clc1cc2c(NCCc3ccc4c(c3)OCO4)nc(-c3ccno3)nc2s1. The molecule has 0 aliphatic carbocycles. The molecule has 27 heavy (non-hydrogen) atoms. The van der Waals surface area contributed by atoms with Crippen LogP contribution in [0.1, 0.15) is 5.56 Å². The molecule has 1 aliphatic rings. The minimum atomic E-state index is 0.277. The Labute approximate surface area is 162 Å². The van der Waals surface area contributed by atoms with Crippen LogP contribution in [0, 0.1) is 0 Å². The van der Waals surface area contributed by atoms with Gasteiger partial charge >= 0.3 is 0 Å². The molecule has 0 unspecified atom stereocenters. The quantitative estimate of drug-likeness (QED) is 0.532. The van der Waals surface area contributed by atoms with Gasteiger partial charge in [0.2, 0.25) is 18.4 Å². The number of nitrogens with one attached hydrogen (secondary N) is 1. The maximum atomic E-state index is 6.18. The van der Waals surface area contributed by atoms with Gasteiger partial charge in [0.25, 0.3) is 0 Å². The molecule has 4 heterocycles. The van der Waals surface area contributed by atoms with E-state index >= 15 is 0 Å². The van der Waals surface area contributed by atoms with Crippen LogP contribution in [0.15, 0.2) is 41.1 Å². The first-order valence-electron chi connectivity index (χ1n) is 8.27. The van der Waals surface area contributed by atoms with Crippen molar-refractivity contribution in [1.82, 2.24) is 15.1 Å². The number of benzene rings is 1. The highest BCUT2D eigenvalue weighted by Gasteiger charge is 2.15. The summed E-state index contributed by atoms with van der Waals surface area (Å²) in [5.74, 6) is 3.28. The van der Waals surface area contributed by atoms with Crippen molar-refractivity contribution < 1.29 is 14.0 Å². The van der Waals surface area contributed by atoms with Gasteiger partial charge in [0.05, 0.1) is 15.9 Å². The third-order valence-corrected chi connectivity index (χ3v) is 5.32. The zero-order chi connectivity index (χ0) is 18.2. The van der Waals surface area contributed by atoms with E-state index in [2.05, 4.69) is 20.4 Å². The highest BCUT2D eigenvalue weighted by Crippen LogP contribution is 2.34. The van der Waals surface area contributed by atoms with Crippen molar-refractivity contribution in [2.24, 2.45) is 0 Å². The summed E-state index contributed by atoms with van der Waals surface area (Å²) < 4.78 is 16.6. The second kappa shape index (κ2) is 6.71. The van der Waals surface area contributed by atoms with Crippen LogP contribution in [0.5, 0.6) is 11.5 Å². The Bertz CT molecular complexity index is 1110. The lowest BCUT2D eigenvalue weighted by atomic mass is 10.1. The van der Waals surface area contributed by atoms with E-state index in [4.69, 9.17) is 25.6 Å². The molecule has 1 aromatic carbocycles. The van der Waals surface area contributed by atoms with Crippen LogP contribution in [-0.2, 0) is 6.42 Å². The third-order valence-electron chi connectivity index (χ3n) is 4.16. The average Bonchev–Trinajstić information content (AvgIpc) is 3.41. The van der Waals surface area contributed by atoms with Gasteiger partial charge in [-0.3, -0.25) is 0 Å². The maximum Gasteiger partial charge on any atom is 0.231 e. The molecule has 1 aliphatic heterocycles. The average molecular weight is 401 g/mol. The Hall–Kier alpha value is -2.84. The number of aromatic nitrogens is 3. The Balaban J connectivity index is 1.39. The monoisotopic (exact) mass is 400 g/mol. The number of ether oxygens (including phenoxy) is 2. The first-order chi connectivity index (χ1) is 13.3. The van der Waals surface area contributed by atoms with Crippen LogP contribution in [0.3, 0.4) is 0 Å². The summed E-state index contributed by atoms with van der Waals surface area (Å²) in [6, 6.07) is 9.57. The summed E-state index contributed by atoms with van der Waals surface area (Å²) >= 11 is 7.58. The van der Waals surface area contributed by atoms with Crippen LogP contribution in [-0.4, -0.2) is 28.5 Å². The van der Waals surface area contributed by atoms with E-state index in [9.17, 15) is 0 Å². The third kappa shape index (κ3) is 3.17. The van der Waals surface area contributed by atoms with Crippen molar-refractivity contribution in [3.63, 3.8) is 0 Å². The van der Waals surface area contributed by atoms with Crippen molar-refractivity contribution in [2.75, 3.05) is 18.7 Å². The fourth-order valence-electron chi connectivity index (χ4n) is 2.89. The molecule has 0 bridgehead atoms. The van der Waals surface area contributed by atoms with Crippen LogP contribution in [0.2, 0.25) is 4.34 Å². The van der Waals surface area contributed by atoms with Gasteiger partial charge in [-0.05, 0) is 30.2 Å². The summed E-state index contributed by atoms with van der Waals surface area (Å²) in [5, 5.41) is 7.99. The van der Waals surface area contributed by atoms with E-state index in [-0.39, 0.29) is 6.79 Å². The van der Waals surface area contributed by atoms with E-state index in [1.807, 2.05) is 24.3 Å². The Morgan fingerprint density at radius 3 is 2.93 bits per heavy atom. The Kier molecular flexibility index (Phi) is 4.06. The van der Waals surface area contributed by atoms with Gasteiger partial charge in [-0.15, -0.1) is 11.3 Å². The number of hydrogen-bond acceptors (Lipinski definition) is 8. The topological polar surface area (TPSA) is 82.3 Å². The first kappa shape index (κ1) is 16.3. The van der Waals surface area contributed by atoms with Gasteiger partial charge in [-0.1, -0.05) is 22.8 Å². The van der Waals surface area contributed by atoms with Gasteiger partial charge in [-0.25, -0.2) is 9.97 Å². The number of fused-ring (bicyclic) bond motifs is 2. The van der Waals surface area contributed by atoms with Crippen molar-refractivity contribution in [3.05, 3.63) is 46.4 Å². The predicted octanol–water partition coefficient (Wildman–Crippen LogP) is 4.38. The largest absolute Gasteiger partial charge is 0.454 e. The van der Waals surface area contributed by atoms with Gasteiger partial charge in [0.15, 0.2) is 11.5 Å². The molecule has 0 fully saturated rings. The fourth-order valence-corrected chi connectivity index (χ4v) is 3.98. The fraction of sp³-hybridized carbons (Fsp3) is 0.167. The molecule has 7 nitrogen and oxygen atoms in total. The number of thiophene rings is 1. The lowest BCUT2D eigenvalue weighted by Crippen LogP contribution is -2.07. The standard InChI is InChI=1S/C18H13ClN4O3S/c19-15-8-11-16(22-17(23-18(11)27-15)13-4-6-21-26-13)20-5-3-10-1-2-12-14(7-10)25-9-24-12/h1-2,4,6-8H,3,5,9H2,(H,20,22,23). The molecule has 0 saturated heterocycles. The van der Waals surface area contributed by atoms with E-state index in [0.717, 1.165) is 39.5 Å². The van der Waals surface area contributed by atoms with Gasteiger partial charge in [0, 0.05) is 12.6 Å². The zero-order valence-electron chi connectivity index (χ0n) is 13.9. The van der Waals surface area contributed by atoms with E-state index < -0.39 is 0 Å². The highest BCUT2D eigenvalue weighted by atomic mass is 35.5. The van der Waals surface area contributed by atoms with Gasteiger partial charge in [0.1, 0.15) is 10.6 Å². The summed E-state index contributed by atoms with van der Waals surface area (Å²) in [6.45, 7) is 0.967. The molecule has 5 rings (SSSR count). The van der Waals surface area contributed by atoms with E-state index in [1.54, 1.807) is 12.3 Å². The van der Waals surface area contributed by atoms with Crippen LogP contribution in [0.25, 0.3) is 21.8 Å². The van der Waals surface area contributed by atoms with Crippen LogP contribution >= 0.6 is 22.9 Å². The van der Waals surface area contributed by atoms with Crippen molar-refractivity contribution in [3.8, 4) is 23.1 Å². The summed E-state index contributed by atoms with van der Waals surface area (Å²) in [7, 11) is 0. The van der Waals surface area contributed by atoms with Crippen molar-refractivity contribution >= 4 is 39.0 Å². The number of hydrogen-bond donors (Lipinski definition) is 1. The molecular weight excluding hydrogens is 388 g/mol. The summed E-state index contributed by atoms with van der Waals surface area (Å²) in [5.41, 5.74) is 1.15. The Morgan fingerprint density at radius 1 is 1.11 bits per heavy atom. The number of rotatable bonds is 5. The second-order valence-corrected chi connectivity index (χ2v) is 7.57. The van der Waals surface area contributed by atoms with E-state index in [0.29, 0.717) is 22.5 Å². The predicted molar refractivity (Wildman–Crippen MR) is 103 cm³/mol. The molecule has 9 heteroatoms. The summed E-state index contributed by atoms with van der Waals surface area (Å²) in [6.07, 6.45) is 2.37. The van der Waals surface area contributed by atoms with Crippen LogP contribution < -0.4 is 14.8 Å². The number of nitrogens with zero attached hydrogens (tertiary/aromatic N) is 3. The first-order valence-corrected chi connectivity index (χ1v) is 9.46. The molecule has 0 amide bonds. The molecular formula is C18H13ClN4O3S. The molecule has 0 atom stereocenters. The van der Waals surface area contributed by atoms with Gasteiger partial charge in [-0.2, -0.15) is 0 Å². The molecule has 0 radical (unpaired) electrons. The smallest absolute Gasteiger partial charge is 0.231 e. The lowest BCUT2D eigenvalue weighted by molar-refractivity contribution is 0.174. The van der Waals surface area contributed by atoms with Crippen molar-refractivity contribution in [1.29, 1.82) is 0 Å². The number of anilines is 1. The lowest BCUT2D eigenvalue weighted by Gasteiger charge is -2.08. The minimum Gasteiger partial charge on any atom is -0.454 e. The molecule has 0 spiro atoms. The molecule has 1 N–H and O–H groups in total. The summed E-state index contributed by atoms with van der Waals surface area (Å²) in [4.78, 5) is 9.91. The highest BCUT2D eigenvalue weighted by molar-refractivity contribution is 7.22. The molecule has 3 aromatic heterocycles. The zero-order valence-corrected chi connectivity index (χ0v) is 15.5. The molecule has 136 valence electrons.